The third kappa shape index (κ3) is 3.71. The van der Waals surface area contributed by atoms with Crippen LogP contribution in [0.2, 0.25) is 5.02 Å². The quantitative estimate of drug-likeness (QED) is 0.641. The number of hydrogen-bond acceptors (Lipinski definition) is 1. The van der Waals surface area contributed by atoms with Crippen LogP contribution in [0.3, 0.4) is 0 Å². The normalized spacial score (nSPS) is 12.3. The maximum Gasteiger partial charge on any atom is 0.124 e. The van der Waals surface area contributed by atoms with Crippen molar-refractivity contribution >= 4 is 49.1 Å². The summed E-state index contributed by atoms with van der Waals surface area (Å²) in [6.07, 6.45) is 0. The van der Waals surface area contributed by atoms with Crippen LogP contribution < -0.4 is 5.32 Å². The number of hydrogen-bond donors (Lipinski definition) is 1. The van der Waals surface area contributed by atoms with Crippen LogP contribution in [0.25, 0.3) is 0 Å². The van der Waals surface area contributed by atoms with E-state index in [2.05, 4.69) is 37.2 Å². The van der Waals surface area contributed by atoms with Gasteiger partial charge in [0.1, 0.15) is 5.82 Å². The lowest BCUT2D eigenvalue weighted by molar-refractivity contribution is 0.627. The molecular weight excluding hydrogens is 396 g/mol. The second-order valence-corrected chi connectivity index (χ2v) is 6.33. The van der Waals surface area contributed by atoms with Crippen LogP contribution in [-0.2, 0) is 0 Å². The molecule has 0 aliphatic rings. The van der Waals surface area contributed by atoms with Gasteiger partial charge in [0.05, 0.1) is 6.04 Å². The summed E-state index contributed by atoms with van der Waals surface area (Å²) >= 11 is 12.9. The second kappa shape index (κ2) is 6.25. The van der Waals surface area contributed by atoms with E-state index in [1.54, 1.807) is 6.07 Å². The van der Waals surface area contributed by atoms with Gasteiger partial charge in [0.25, 0.3) is 0 Å². The maximum atomic E-state index is 13.0. The minimum Gasteiger partial charge on any atom is -0.378 e. The van der Waals surface area contributed by atoms with Crippen LogP contribution in [0.4, 0.5) is 10.1 Å². The molecule has 2 aromatic rings. The Bertz CT molecular complexity index is 604. The topological polar surface area (TPSA) is 12.0 Å². The van der Waals surface area contributed by atoms with E-state index in [0.29, 0.717) is 9.50 Å². The first kappa shape index (κ1) is 14.8. The highest BCUT2D eigenvalue weighted by atomic mass is 79.9. The lowest BCUT2D eigenvalue weighted by Gasteiger charge is -2.18. The summed E-state index contributed by atoms with van der Waals surface area (Å²) < 4.78 is 14.7. The monoisotopic (exact) mass is 405 g/mol. The average Bonchev–Trinajstić information content (AvgIpc) is 2.32. The van der Waals surface area contributed by atoms with E-state index in [0.717, 1.165) is 15.7 Å². The van der Waals surface area contributed by atoms with Gasteiger partial charge < -0.3 is 5.32 Å². The zero-order chi connectivity index (χ0) is 14.0. The van der Waals surface area contributed by atoms with Crippen molar-refractivity contribution in [2.45, 2.75) is 13.0 Å². The zero-order valence-electron chi connectivity index (χ0n) is 10.1. The van der Waals surface area contributed by atoms with Gasteiger partial charge in [-0.15, -0.1) is 0 Å². The molecule has 2 aromatic carbocycles. The molecule has 5 heteroatoms. The Labute approximate surface area is 133 Å². The van der Waals surface area contributed by atoms with Gasteiger partial charge >= 0.3 is 0 Å². The van der Waals surface area contributed by atoms with Gasteiger partial charge in [0.15, 0.2) is 0 Å². The van der Waals surface area contributed by atoms with E-state index in [9.17, 15) is 4.39 Å². The van der Waals surface area contributed by atoms with Crippen molar-refractivity contribution in [3.05, 3.63) is 61.7 Å². The molecule has 1 nitrogen and oxygen atoms in total. The van der Waals surface area contributed by atoms with Crippen molar-refractivity contribution in [1.29, 1.82) is 0 Å². The third-order valence-electron chi connectivity index (χ3n) is 2.73. The van der Waals surface area contributed by atoms with E-state index in [1.807, 2.05) is 25.1 Å². The lowest BCUT2D eigenvalue weighted by Crippen LogP contribution is -2.07. The highest BCUT2D eigenvalue weighted by molar-refractivity contribution is 9.10. The first-order valence-electron chi connectivity index (χ1n) is 5.64. The molecule has 0 amide bonds. The van der Waals surface area contributed by atoms with Gasteiger partial charge in [0, 0.05) is 19.7 Å². The summed E-state index contributed by atoms with van der Waals surface area (Å²) in [5.41, 5.74) is 1.81. The van der Waals surface area contributed by atoms with E-state index in [4.69, 9.17) is 11.6 Å². The summed E-state index contributed by atoms with van der Waals surface area (Å²) in [5, 5.41) is 3.99. The second-order valence-electron chi connectivity index (χ2n) is 4.16. The molecule has 0 saturated carbocycles. The van der Waals surface area contributed by atoms with E-state index in [1.165, 1.54) is 12.1 Å². The fourth-order valence-electron chi connectivity index (χ4n) is 1.77. The predicted octanol–water partition coefficient (Wildman–Crippen LogP) is 6.18. The standard InChI is InChI=1S/C14H11Br2ClFN/c1-8(11-4-2-9(15)6-13(11)17)19-14-5-3-10(18)7-12(14)16/h2-8,19H,1H3. The number of anilines is 1. The van der Waals surface area contributed by atoms with Crippen molar-refractivity contribution in [3.63, 3.8) is 0 Å². The van der Waals surface area contributed by atoms with Gasteiger partial charge in [-0.25, -0.2) is 4.39 Å². The SMILES string of the molecule is CC(Nc1ccc(F)cc1Br)c1ccc(Br)cc1Cl. The molecule has 0 aromatic heterocycles. The largest absolute Gasteiger partial charge is 0.378 e. The highest BCUT2D eigenvalue weighted by Gasteiger charge is 2.11. The molecule has 0 heterocycles. The van der Waals surface area contributed by atoms with Crippen LogP contribution in [0, 0.1) is 5.82 Å². The van der Waals surface area contributed by atoms with E-state index in [-0.39, 0.29) is 11.9 Å². The molecule has 0 aliphatic heterocycles. The minimum absolute atomic E-state index is 0.0161. The summed E-state index contributed by atoms with van der Waals surface area (Å²) in [4.78, 5) is 0. The molecular formula is C14H11Br2ClFN. The molecule has 0 bridgehead atoms. The first-order valence-corrected chi connectivity index (χ1v) is 7.60. The Morgan fingerprint density at radius 3 is 2.53 bits per heavy atom. The Morgan fingerprint density at radius 1 is 1.16 bits per heavy atom. The minimum atomic E-state index is -0.272. The van der Waals surface area contributed by atoms with Crippen LogP contribution in [0.5, 0.6) is 0 Å². The Balaban J connectivity index is 2.23. The molecule has 0 saturated heterocycles. The molecule has 0 radical (unpaired) electrons. The van der Waals surface area contributed by atoms with Gasteiger partial charge in [-0.2, -0.15) is 0 Å². The van der Waals surface area contributed by atoms with Crippen molar-refractivity contribution < 1.29 is 4.39 Å². The maximum absolute atomic E-state index is 13.0. The van der Waals surface area contributed by atoms with E-state index >= 15 is 0 Å². The van der Waals surface area contributed by atoms with Gasteiger partial charge in [-0.3, -0.25) is 0 Å². The van der Waals surface area contributed by atoms with Crippen LogP contribution in [0.15, 0.2) is 45.3 Å². The van der Waals surface area contributed by atoms with Gasteiger partial charge in [0.2, 0.25) is 0 Å². The first-order chi connectivity index (χ1) is 8.97. The number of benzene rings is 2. The Hall–Kier alpha value is -0.580. The molecule has 100 valence electrons. The molecule has 0 fully saturated rings. The van der Waals surface area contributed by atoms with Crippen LogP contribution >= 0.6 is 43.5 Å². The third-order valence-corrected chi connectivity index (χ3v) is 4.21. The average molecular weight is 408 g/mol. The summed E-state index contributed by atoms with van der Waals surface area (Å²) in [7, 11) is 0. The molecule has 0 spiro atoms. The fourth-order valence-corrected chi connectivity index (χ4v) is 3.07. The van der Waals surface area contributed by atoms with Crippen molar-refractivity contribution in [2.75, 3.05) is 5.32 Å². The van der Waals surface area contributed by atoms with Crippen LogP contribution in [0.1, 0.15) is 18.5 Å². The fraction of sp³-hybridized carbons (Fsp3) is 0.143. The number of rotatable bonds is 3. The molecule has 1 unspecified atom stereocenters. The Kier molecular flexibility index (Phi) is 4.87. The molecule has 2 rings (SSSR count). The molecule has 1 atom stereocenters. The molecule has 1 N–H and O–H groups in total. The van der Waals surface area contributed by atoms with Gasteiger partial charge in [-0.05, 0) is 58.7 Å². The predicted molar refractivity (Wildman–Crippen MR) is 85.3 cm³/mol. The molecule has 19 heavy (non-hydrogen) atoms. The van der Waals surface area contributed by atoms with Crippen LogP contribution in [-0.4, -0.2) is 0 Å². The van der Waals surface area contributed by atoms with Crippen molar-refractivity contribution in [1.82, 2.24) is 0 Å². The Morgan fingerprint density at radius 2 is 1.89 bits per heavy atom. The summed E-state index contributed by atoms with van der Waals surface area (Å²) in [5.74, 6) is -0.272. The zero-order valence-corrected chi connectivity index (χ0v) is 14.0. The smallest absolute Gasteiger partial charge is 0.124 e. The van der Waals surface area contributed by atoms with Gasteiger partial charge in [-0.1, -0.05) is 33.6 Å². The van der Waals surface area contributed by atoms with Crippen molar-refractivity contribution in [2.24, 2.45) is 0 Å². The van der Waals surface area contributed by atoms with Crippen molar-refractivity contribution in [3.8, 4) is 0 Å². The lowest BCUT2D eigenvalue weighted by atomic mass is 10.1. The highest BCUT2D eigenvalue weighted by Crippen LogP contribution is 2.31. The number of nitrogens with one attached hydrogen (secondary N) is 1. The summed E-state index contributed by atoms with van der Waals surface area (Å²) in [6.45, 7) is 2.00. The number of halogens is 4. The summed E-state index contributed by atoms with van der Waals surface area (Å²) in [6, 6.07) is 10.3. The molecule has 0 aliphatic carbocycles. The van der Waals surface area contributed by atoms with E-state index < -0.39 is 0 Å².